The van der Waals surface area contributed by atoms with Gasteiger partial charge in [-0.15, -0.1) is 0 Å². The minimum atomic E-state index is -3.92. The summed E-state index contributed by atoms with van der Waals surface area (Å²) in [6, 6.07) is 10.0. The highest BCUT2D eigenvalue weighted by atomic mass is 35.5. The SMILES string of the molecule is Cc1ccc([N+](=O)[O-])cc1S(=O)(=O)NC(C)c1ccccc1Cl. The second kappa shape index (κ2) is 6.66. The number of halogens is 1. The summed E-state index contributed by atoms with van der Waals surface area (Å²) < 4.78 is 27.6. The van der Waals surface area contributed by atoms with Crippen LogP contribution in [0.25, 0.3) is 0 Å². The molecule has 2 aromatic carbocycles. The van der Waals surface area contributed by atoms with E-state index >= 15 is 0 Å². The van der Waals surface area contributed by atoms with E-state index in [2.05, 4.69) is 4.72 Å². The number of aryl methyl sites for hydroxylation is 1. The summed E-state index contributed by atoms with van der Waals surface area (Å²) in [6.07, 6.45) is 0. The first-order valence-electron chi connectivity index (χ1n) is 6.74. The van der Waals surface area contributed by atoms with Gasteiger partial charge in [0.15, 0.2) is 0 Å². The van der Waals surface area contributed by atoms with Crippen molar-refractivity contribution in [1.29, 1.82) is 0 Å². The molecule has 0 radical (unpaired) electrons. The van der Waals surface area contributed by atoms with Crippen LogP contribution in [0.2, 0.25) is 5.02 Å². The van der Waals surface area contributed by atoms with E-state index in [9.17, 15) is 18.5 Å². The Morgan fingerprint density at radius 3 is 2.48 bits per heavy atom. The molecule has 0 heterocycles. The number of sulfonamides is 1. The molecule has 0 aliphatic heterocycles. The van der Waals surface area contributed by atoms with Gasteiger partial charge in [-0.05, 0) is 31.0 Å². The molecule has 0 aromatic heterocycles. The number of non-ortho nitro benzene ring substituents is 1. The molecule has 0 aliphatic carbocycles. The Morgan fingerprint density at radius 1 is 1.22 bits per heavy atom. The van der Waals surface area contributed by atoms with E-state index < -0.39 is 21.0 Å². The third-order valence-electron chi connectivity index (χ3n) is 3.38. The van der Waals surface area contributed by atoms with Crippen molar-refractivity contribution in [2.45, 2.75) is 24.8 Å². The normalized spacial score (nSPS) is 12.8. The van der Waals surface area contributed by atoms with Crippen molar-refractivity contribution in [3.63, 3.8) is 0 Å². The molecule has 0 bridgehead atoms. The molecule has 6 nitrogen and oxygen atoms in total. The van der Waals surface area contributed by atoms with Crippen molar-refractivity contribution in [1.82, 2.24) is 4.72 Å². The first-order valence-corrected chi connectivity index (χ1v) is 8.60. The van der Waals surface area contributed by atoms with Gasteiger partial charge in [-0.2, -0.15) is 0 Å². The topological polar surface area (TPSA) is 89.3 Å². The van der Waals surface area contributed by atoms with E-state index in [0.29, 0.717) is 16.1 Å². The molecule has 1 unspecified atom stereocenters. The number of benzene rings is 2. The second-order valence-electron chi connectivity index (χ2n) is 5.07. The van der Waals surface area contributed by atoms with Gasteiger partial charge in [0.05, 0.1) is 9.82 Å². The van der Waals surface area contributed by atoms with Gasteiger partial charge in [0.1, 0.15) is 0 Å². The van der Waals surface area contributed by atoms with Gasteiger partial charge in [0.2, 0.25) is 10.0 Å². The molecule has 0 spiro atoms. The first-order chi connectivity index (χ1) is 10.7. The summed E-state index contributed by atoms with van der Waals surface area (Å²) in [5.41, 5.74) is 0.775. The van der Waals surface area contributed by atoms with Gasteiger partial charge in [-0.1, -0.05) is 35.9 Å². The second-order valence-corrected chi connectivity index (χ2v) is 7.16. The van der Waals surface area contributed by atoms with Gasteiger partial charge in [-0.3, -0.25) is 10.1 Å². The van der Waals surface area contributed by atoms with Gasteiger partial charge in [-0.25, -0.2) is 13.1 Å². The molecule has 1 atom stereocenters. The lowest BCUT2D eigenvalue weighted by molar-refractivity contribution is -0.385. The fraction of sp³-hybridized carbons (Fsp3) is 0.200. The Bertz CT molecular complexity index is 852. The minimum absolute atomic E-state index is 0.120. The Labute approximate surface area is 139 Å². The molecule has 1 N–H and O–H groups in total. The molecule has 8 heteroatoms. The number of nitro benzene ring substituents is 1. The van der Waals surface area contributed by atoms with Crippen molar-refractivity contribution in [3.8, 4) is 0 Å². The summed E-state index contributed by atoms with van der Waals surface area (Å²) in [7, 11) is -3.92. The molecular weight excluding hydrogens is 340 g/mol. The van der Waals surface area contributed by atoms with Crippen LogP contribution in [0.4, 0.5) is 5.69 Å². The molecule has 0 fully saturated rings. The third kappa shape index (κ3) is 3.87. The predicted octanol–water partition coefficient (Wildman–Crippen LogP) is 3.60. The van der Waals surface area contributed by atoms with Crippen LogP contribution < -0.4 is 4.72 Å². The van der Waals surface area contributed by atoms with Crippen LogP contribution in [0, 0.1) is 17.0 Å². The summed E-state index contributed by atoms with van der Waals surface area (Å²) in [5, 5.41) is 11.3. The average molecular weight is 355 g/mol. The van der Waals surface area contributed by atoms with Gasteiger partial charge >= 0.3 is 0 Å². The quantitative estimate of drug-likeness (QED) is 0.656. The van der Waals surface area contributed by atoms with E-state index in [4.69, 9.17) is 11.6 Å². The Hall–Kier alpha value is -1.96. The van der Waals surface area contributed by atoms with Crippen molar-refractivity contribution >= 4 is 27.3 Å². The van der Waals surface area contributed by atoms with E-state index in [1.54, 1.807) is 38.1 Å². The van der Waals surface area contributed by atoms with Crippen LogP contribution >= 0.6 is 11.6 Å². The molecule has 0 saturated heterocycles. The largest absolute Gasteiger partial charge is 0.270 e. The van der Waals surface area contributed by atoms with Crippen LogP contribution in [0.3, 0.4) is 0 Å². The number of nitrogens with zero attached hydrogens (tertiary/aromatic N) is 1. The molecule has 2 aromatic rings. The summed E-state index contributed by atoms with van der Waals surface area (Å²) >= 11 is 6.07. The maximum atomic E-state index is 12.5. The minimum Gasteiger partial charge on any atom is -0.258 e. The zero-order chi connectivity index (χ0) is 17.2. The zero-order valence-electron chi connectivity index (χ0n) is 12.5. The highest BCUT2D eigenvalue weighted by Gasteiger charge is 2.23. The lowest BCUT2D eigenvalue weighted by Gasteiger charge is -2.16. The smallest absolute Gasteiger partial charge is 0.258 e. The van der Waals surface area contributed by atoms with Crippen LogP contribution in [0.5, 0.6) is 0 Å². The van der Waals surface area contributed by atoms with E-state index in [0.717, 1.165) is 6.07 Å². The van der Waals surface area contributed by atoms with E-state index in [1.165, 1.54) is 12.1 Å². The molecule has 0 aliphatic rings. The number of hydrogen-bond acceptors (Lipinski definition) is 4. The zero-order valence-corrected chi connectivity index (χ0v) is 14.1. The number of nitrogens with one attached hydrogen (secondary N) is 1. The predicted molar refractivity (Wildman–Crippen MR) is 88.0 cm³/mol. The molecule has 2 rings (SSSR count). The van der Waals surface area contributed by atoms with Crippen LogP contribution in [-0.2, 0) is 10.0 Å². The lowest BCUT2D eigenvalue weighted by atomic mass is 10.1. The Kier molecular flexibility index (Phi) is 5.03. The fourth-order valence-corrected chi connectivity index (χ4v) is 3.96. The maximum absolute atomic E-state index is 12.5. The summed E-state index contributed by atoms with van der Waals surface area (Å²) in [6.45, 7) is 3.24. The Morgan fingerprint density at radius 2 is 1.87 bits per heavy atom. The molecule has 0 amide bonds. The van der Waals surface area contributed by atoms with Crippen molar-refractivity contribution < 1.29 is 13.3 Å². The molecule has 0 saturated carbocycles. The Balaban J connectivity index is 2.38. The summed E-state index contributed by atoms with van der Waals surface area (Å²) in [5.74, 6) is 0. The molecule has 23 heavy (non-hydrogen) atoms. The fourth-order valence-electron chi connectivity index (χ4n) is 2.18. The standard InChI is InChI=1S/C15H15ClN2O4S/c1-10-7-8-12(18(19)20)9-15(10)23(21,22)17-11(2)13-5-3-4-6-14(13)16/h3-9,11,17H,1-2H3. The van der Waals surface area contributed by atoms with Crippen LogP contribution in [0.15, 0.2) is 47.4 Å². The van der Waals surface area contributed by atoms with E-state index in [1.807, 2.05) is 0 Å². The van der Waals surface area contributed by atoms with Crippen molar-refractivity contribution in [3.05, 3.63) is 68.7 Å². The number of hydrogen-bond donors (Lipinski definition) is 1. The lowest BCUT2D eigenvalue weighted by Crippen LogP contribution is -2.27. The first kappa shape index (κ1) is 17.4. The monoisotopic (exact) mass is 354 g/mol. The molecular formula is C15H15ClN2O4S. The van der Waals surface area contributed by atoms with E-state index in [-0.39, 0.29) is 10.6 Å². The third-order valence-corrected chi connectivity index (χ3v) is 5.40. The van der Waals surface area contributed by atoms with Crippen LogP contribution in [-0.4, -0.2) is 13.3 Å². The highest BCUT2D eigenvalue weighted by molar-refractivity contribution is 7.89. The average Bonchev–Trinajstić information content (AvgIpc) is 2.47. The van der Waals surface area contributed by atoms with Crippen molar-refractivity contribution in [2.24, 2.45) is 0 Å². The number of rotatable bonds is 5. The molecule has 122 valence electrons. The van der Waals surface area contributed by atoms with Gasteiger partial charge in [0.25, 0.3) is 5.69 Å². The van der Waals surface area contributed by atoms with Crippen molar-refractivity contribution in [2.75, 3.05) is 0 Å². The van der Waals surface area contributed by atoms with Gasteiger partial charge < -0.3 is 0 Å². The summed E-state index contributed by atoms with van der Waals surface area (Å²) in [4.78, 5) is 10.1. The highest BCUT2D eigenvalue weighted by Crippen LogP contribution is 2.26. The maximum Gasteiger partial charge on any atom is 0.270 e. The van der Waals surface area contributed by atoms with Gasteiger partial charge in [0, 0.05) is 23.2 Å². The number of nitro groups is 1. The van der Waals surface area contributed by atoms with Crippen LogP contribution in [0.1, 0.15) is 24.1 Å².